The molecular formula is C21H22O5. The van der Waals surface area contributed by atoms with Crippen LogP contribution in [-0.4, -0.2) is 25.7 Å². The minimum absolute atomic E-state index is 0.00525. The zero-order valence-corrected chi connectivity index (χ0v) is 15.3. The summed E-state index contributed by atoms with van der Waals surface area (Å²) < 4.78 is 15.9. The van der Waals surface area contributed by atoms with Crippen LogP contribution >= 0.6 is 0 Å². The molecule has 0 heterocycles. The third-order valence-corrected chi connectivity index (χ3v) is 4.86. The molecule has 1 fully saturated rings. The number of methoxy groups -OCH3 is 1. The number of ketones is 1. The molecule has 2 bridgehead atoms. The average molecular weight is 354 g/mol. The Bertz CT molecular complexity index is 825. The Labute approximate surface area is 153 Å². The Morgan fingerprint density at radius 3 is 2.73 bits per heavy atom. The van der Waals surface area contributed by atoms with E-state index >= 15 is 0 Å². The van der Waals surface area contributed by atoms with Crippen molar-refractivity contribution >= 4 is 17.5 Å². The number of Topliss-reactive ketones (excluding diaryl/α,β-unsaturated/α-hetero) is 1. The van der Waals surface area contributed by atoms with Gasteiger partial charge in [-0.1, -0.05) is 5.92 Å². The van der Waals surface area contributed by atoms with E-state index in [0.29, 0.717) is 22.6 Å². The predicted octanol–water partition coefficient (Wildman–Crippen LogP) is 3.95. The highest BCUT2D eigenvalue weighted by atomic mass is 16.7. The molecule has 0 N–H and O–H groups in total. The van der Waals surface area contributed by atoms with Gasteiger partial charge in [0.2, 0.25) is 0 Å². The summed E-state index contributed by atoms with van der Waals surface area (Å²) in [4.78, 5) is 25.0. The summed E-state index contributed by atoms with van der Waals surface area (Å²) in [6, 6.07) is 5.45. The summed E-state index contributed by atoms with van der Waals surface area (Å²) in [7, 11) is 1.55. The zero-order valence-electron chi connectivity index (χ0n) is 15.3. The van der Waals surface area contributed by atoms with Crippen molar-refractivity contribution in [2.24, 2.45) is 11.8 Å². The zero-order chi connectivity index (χ0) is 18.7. The van der Waals surface area contributed by atoms with Crippen LogP contribution in [0, 0.1) is 23.7 Å². The van der Waals surface area contributed by atoms with Gasteiger partial charge < -0.3 is 14.2 Å². The van der Waals surface area contributed by atoms with Crippen LogP contribution < -0.4 is 4.74 Å². The molecule has 2 unspecified atom stereocenters. The van der Waals surface area contributed by atoms with Gasteiger partial charge in [-0.05, 0) is 51.3 Å². The number of ether oxygens (including phenoxy) is 3. The SMILES string of the molecule is CC#Cc1ccc(C2=C(OC(=O)OCC)C3CCC(C3)C2=O)c(OC)c1. The first-order valence-corrected chi connectivity index (χ1v) is 8.83. The van der Waals surface area contributed by atoms with Crippen LogP contribution in [0.1, 0.15) is 44.2 Å². The second-order valence-electron chi connectivity index (χ2n) is 6.39. The quantitative estimate of drug-likeness (QED) is 0.605. The van der Waals surface area contributed by atoms with Gasteiger partial charge in [0.05, 0.1) is 19.3 Å². The van der Waals surface area contributed by atoms with E-state index in [0.717, 1.165) is 24.8 Å². The van der Waals surface area contributed by atoms with Crippen LogP contribution in [0.4, 0.5) is 4.79 Å². The van der Waals surface area contributed by atoms with Crippen molar-refractivity contribution in [2.45, 2.75) is 33.1 Å². The van der Waals surface area contributed by atoms with Crippen LogP contribution in [0.15, 0.2) is 24.0 Å². The fourth-order valence-corrected chi connectivity index (χ4v) is 3.74. The number of fused-ring (bicyclic) bond motifs is 2. The van der Waals surface area contributed by atoms with E-state index in [1.807, 2.05) is 12.1 Å². The summed E-state index contributed by atoms with van der Waals surface area (Å²) in [6.45, 7) is 3.69. The Morgan fingerprint density at radius 1 is 1.27 bits per heavy atom. The summed E-state index contributed by atoms with van der Waals surface area (Å²) in [5.41, 5.74) is 1.87. The number of hydrogen-bond donors (Lipinski definition) is 0. The molecule has 5 heteroatoms. The number of hydrogen-bond acceptors (Lipinski definition) is 5. The van der Waals surface area contributed by atoms with Crippen molar-refractivity contribution in [1.29, 1.82) is 0 Å². The van der Waals surface area contributed by atoms with Gasteiger partial charge in [-0.2, -0.15) is 0 Å². The molecule has 1 aromatic carbocycles. The Hall–Kier alpha value is -2.74. The monoisotopic (exact) mass is 354 g/mol. The molecular weight excluding hydrogens is 332 g/mol. The van der Waals surface area contributed by atoms with Crippen molar-refractivity contribution in [3.8, 4) is 17.6 Å². The fraction of sp³-hybridized carbons (Fsp3) is 0.429. The van der Waals surface area contributed by atoms with Crippen molar-refractivity contribution in [1.82, 2.24) is 0 Å². The summed E-state index contributed by atoms with van der Waals surface area (Å²) in [6.07, 6.45) is 1.59. The lowest BCUT2D eigenvalue weighted by atomic mass is 9.83. The summed E-state index contributed by atoms with van der Waals surface area (Å²) >= 11 is 0. The van der Waals surface area contributed by atoms with E-state index in [1.54, 1.807) is 27.0 Å². The molecule has 0 spiro atoms. The predicted molar refractivity (Wildman–Crippen MR) is 96.4 cm³/mol. The second kappa shape index (κ2) is 7.65. The van der Waals surface area contributed by atoms with Gasteiger partial charge in [0.1, 0.15) is 11.5 Å². The highest BCUT2D eigenvalue weighted by molar-refractivity contribution is 6.24. The number of allylic oxidation sites excluding steroid dienone is 2. The first-order chi connectivity index (χ1) is 12.6. The summed E-state index contributed by atoms with van der Waals surface area (Å²) in [5, 5.41) is 0. The molecule has 0 aliphatic heterocycles. The minimum atomic E-state index is -0.773. The maximum absolute atomic E-state index is 13.0. The van der Waals surface area contributed by atoms with Crippen molar-refractivity contribution < 1.29 is 23.8 Å². The van der Waals surface area contributed by atoms with E-state index in [4.69, 9.17) is 14.2 Å². The molecule has 136 valence electrons. The van der Waals surface area contributed by atoms with E-state index in [2.05, 4.69) is 11.8 Å². The van der Waals surface area contributed by atoms with Gasteiger partial charge in [-0.3, -0.25) is 4.79 Å². The van der Waals surface area contributed by atoms with Crippen LogP contribution in [0.5, 0.6) is 5.75 Å². The van der Waals surface area contributed by atoms with Gasteiger partial charge in [0, 0.05) is 23.0 Å². The standard InChI is InChI=1S/C21H22O5/c1-4-6-13-7-10-16(17(11-13)24-3)18-19(22)14-8-9-15(12-14)20(18)26-21(23)25-5-2/h7,10-11,14-15H,5,8-9,12H2,1-3H3. The topological polar surface area (TPSA) is 61.8 Å². The largest absolute Gasteiger partial charge is 0.513 e. The third-order valence-electron chi connectivity index (χ3n) is 4.86. The number of carbonyl (C=O) groups excluding carboxylic acids is 2. The molecule has 0 aromatic heterocycles. The first kappa shape index (κ1) is 18.1. The average Bonchev–Trinajstić information content (AvgIpc) is 3.07. The van der Waals surface area contributed by atoms with Crippen LogP contribution in [0.2, 0.25) is 0 Å². The molecule has 5 nitrogen and oxygen atoms in total. The van der Waals surface area contributed by atoms with E-state index < -0.39 is 6.16 Å². The molecule has 1 saturated carbocycles. The van der Waals surface area contributed by atoms with Crippen molar-refractivity contribution in [3.05, 3.63) is 35.1 Å². The summed E-state index contributed by atoms with van der Waals surface area (Å²) in [5.74, 6) is 6.81. The molecule has 2 aliphatic carbocycles. The molecule has 0 saturated heterocycles. The third kappa shape index (κ3) is 3.32. The minimum Gasteiger partial charge on any atom is -0.496 e. The number of rotatable bonds is 4. The Kier molecular flexibility index (Phi) is 5.32. The second-order valence-corrected chi connectivity index (χ2v) is 6.39. The number of benzene rings is 1. The van der Waals surface area contributed by atoms with Crippen LogP contribution in [-0.2, 0) is 14.3 Å². The molecule has 0 amide bonds. The van der Waals surface area contributed by atoms with E-state index in [-0.39, 0.29) is 24.2 Å². The smallest absolute Gasteiger partial charge is 0.496 e. The molecule has 26 heavy (non-hydrogen) atoms. The lowest BCUT2D eigenvalue weighted by Gasteiger charge is -2.25. The van der Waals surface area contributed by atoms with E-state index in [1.165, 1.54) is 0 Å². The highest BCUT2D eigenvalue weighted by Gasteiger charge is 2.43. The van der Waals surface area contributed by atoms with E-state index in [9.17, 15) is 9.59 Å². The van der Waals surface area contributed by atoms with Gasteiger partial charge in [0.15, 0.2) is 5.78 Å². The normalized spacial score (nSPS) is 21.1. The lowest BCUT2D eigenvalue weighted by Crippen LogP contribution is -2.24. The maximum Gasteiger partial charge on any atom is 0.513 e. The van der Waals surface area contributed by atoms with Gasteiger partial charge in [-0.15, -0.1) is 5.92 Å². The highest BCUT2D eigenvalue weighted by Crippen LogP contribution is 2.48. The van der Waals surface area contributed by atoms with Gasteiger partial charge in [0.25, 0.3) is 0 Å². The van der Waals surface area contributed by atoms with Crippen molar-refractivity contribution in [2.75, 3.05) is 13.7 Å². The first-order valence-electron chi connectivity index (χ1n) is 8.83. The van der Waals surface area contributed by atoms with Gasteiger partial charge >= 0.3 is 6.16 Å². The molecule has 2 aliphatic rings. The fourth-order valence-electron chi connectivity index (χ4n) is 3.74. The van der Waals surface area contributed by atoms with Gasteiger partial charge in [-0.25, -0.2) is 4.79 Å². The number of carbonyl (C=O) groups is 2. The van der Waals surface area contributed by atoms with Crippen LogP contribution in [0.25, 0.3) is 5.57 Å². The molecule has 1 aromatic rings. The molecule has 2 atom stereocenters. The molecule has 0 radical (unpaired) electrons. The van der Waals surface area contributed by atoms with Crippen LogP contribution in [0.3, 0.4) is 0 Å². The Morgan fingerprint density at radius 2 is 2.04 bits per heavy atom. The lowest BCUT2D eigenvalue weighted by molar-refractivity contribution is -0.117. The molecule has 3 rings (SSSR count). The Balaban J connectivity index is 2.11. The van der Waals surface area contributed by atoms with Crippen molar-refractivity contribution in [3.63, 3.8) is 0 Å². The maximum atomic E-state index is 13.0.